The van der Waals surface area contributed by atoms with Crippen molar-refractivity contribution in [1.29, 1.82) is 0 Å². The number of hydrogen-bond donors (Lipinski definition) is 1. The third kappa shape index (κ3) is 4.94. The second kappa shape index (κ2) is 6.35. The first kappa shape index (κ1) is 15.6. The fourth-order valence-electron chi connectivity index (χ4n) is 1.72. The van der Waals surface area contributed by atoms with Crippen LogP contribution in [0.4, 0.5) is 5.69 Å². The number of benzene rings is 1. The maximum Gasteiger partial charge on any atom is 0.267 e. The number of anilines is 1. The average molecular weight is 327 g/mol. The molecule has 0 bridgehead atoms. The molecule has 0 saturated carbocycles. The second-order valence-electron chi connectivity index (χ2n) is 4.04. The number of halogens is 1. The molecule has 8 heteroatoms. The summed E-state index contributed by atoms with van der Waals surface area (Å²) in [5.74, 6) is 0. The number of rotatable bonds is 1. The van der Waals surface area contributed by atoms with Crippen LogP contribution in [0.5, 0.6) is 0 Å². The van der Waals surface area contributed by atoms with Crippen LogP contribution < -0.4 is 28.8 Å². The van der Waals surface area contributed by atoms with E-state index in [1.165, 1.54) is 15.3 Å². The van der Waals surface area contributed by atoms with E-state index in [9.17, 15) is 0 Å². The van der Waals surface area contributed by atoms with Crippen molar-refractivity contribution in [2.45, 2.75) is 0 Å². The van der Waals surface area contributed by atoms with E-state index in [0.717, 1.165) is 5.69 Å². The van der Waals surface area contributed by atoms with Crippen LogP contribution in [-0.2, 0) is 0 Å². The quantitative estimate of drug-likeness (QED) is 0.408. The van der Waals surface area contributed by atoms with Gasteiger partial charge in [0.2, 0.25) is 0 Å². The van der Waals surface area contributed by atoms with Gasteiger partial charge in [0.05, 0.1) is 0 Å². The molecular weight excluding hydrogens is 316 g/mol. The zero-order valence-electron chi connectivity index (χ0n) is 10.6. The van der Waals surface area contributed by atoms with Crippen molar-refractivity contribution in [2.24, 2.45) is 0 Å². The standard InChI is InChI=1S/C13H11N2S.ClHO4/c14-11-5-3-4-10(8-11)12-9-15-7-2-1-6-13(15)16-12;2-1(3,4)5/h1-9H,14H2;(H,2,3,4,5)/q+1;/p-1. The van der Waals surface area contributed by atoms with Gasteiger partial charge in [0.15, 0.2) is 12.4 Å². The normalized spacial score (nSPS) is 11.0. The predicted molar refractivity (Wildman–Crippen MR) is 67.3 cm³/mol. The van der Waals surface area contributed by atoms with Gasteiger partial charge in [-0.3, -0.25) is 0 Å². The lowest BCUT2D eigenvalue weighted by molar-refractivity contribution is -2.00. The molecule has 0 unspecified atom stereocenters. The number of nitrogen functional groups attached to an aromatic ring is 1. The number of nitrogens with zero attached hydrogens (tertiary/aromatic N) is 1. The molecular formula is C13H11ClN2O4S. The molecule has 6 nitrogen and oxygen atoms in total. The van der Waals surface area contributed by atoms with Crippen LogP contribution in [0.1, 0.15) is 0 Å². The lowest BCUT2D eigenvalue weighted by atomic mass is 10.2. The van der Waals surface area contributed by atoms with Crippen molar-refractivity contribution in [2.75, 3.05) is 5.73 Å². The molecule has 0 aliphatic heterocycles. The first-order valence-electron chi connectivity index (χ1n) is 5.70. The Hall–Kier alpha value is -1.74. The topological polar surface area (TPSA) is 122 Å². The van der Waals surface area contributed by atoms with Gasteiger partial charge in [-0.2, -0.15) is 4.40 Å². The molecule has 110 valence electrons. The molecule has 21 heavy (non-hydrogen) atoms. The van der Waals surface area contributed by atoms with Gasteiger partial charge < -0.3 is 5.73 Å². The smallest absolute Gasteiger partial charge is 0.267 e. The van der Waals surface area contributed by atoms with Crippen LogP contribution in [0, 0.1) is 10.2 Å². The highest BCUT2D eigenvalue weighted by Gasteiger charge is 2.10. The molecule has 3 rings (SSSR count). The van der Waals surface area contributed by atoms with Crippen LogP contribution in [0.15, 0.2) is 54.9 Å². The highest BCUT2D eigenvalue weighted by molar-refractivity contribution is 7.20. The summed E-state index contributed by atoms with van der Waals surface area (Å²) < 4.78 is 36.1. The monoisotopic (exact) mass is 326 g/mol. The summed E-state index contributed by atoms with van der Waals surface area (Å²) in [7, 11) is -4.94. The summed E-state index contributed by atoms with van der Waals surface area (Å²) in [6, 6.07) is 14.2. The summed E-state index contributed by atoms with van der Waals surface area (Å²) in [6.07, 6.45) is 4.19. The Kier molecular flexibility index (Phi) is 4.73. The van der Waals surface area contributed by atoms with E-state index >= 15 is 0 Å². The number of nitrogens with two attached hydrogens (primary N) is 1. The SMILES string of the molecule is Nc1cccc(-c2c[n+]3ccccc3s2)c1.[O-][Cl+3]([O-])([O-])[O-]. The van der Waals surface area contributed by atoms with Crippen molar-refractivity contribution in [3.8, 4) is 10.4 Å². The maximum atomic E-state index is 8.49. The van der Waals surface area contributed by atoms with Crippen LogP contribution >= 0.6 is 11.3 Å². The van der Waals surface area contributed by atoms with Gasteiger partial charge in [-0.1, -0.05) is 23.5 Å². The Morgan fingerprint density at radius 2 is 1.71 bits per heavy atom. The van der Waals surface area contributed by atoms with Gasteiger partial charge in [-0.25, -0.2) is 18.6 Å². The number of thiazole rings is 1. The van der Waals surface area contributed by atoms with E-state index in [4.69, 9.17) is 24.4 Å². The zero-order chi connectivity index (χ0) is 15.5. The Morgan fingerprint density at radius 1 is 1.00 bits per heavy atom. The van der Waals surface area contributed by atoms with Gasteiger partial charge in [0.25, 0.3) is 4.83 Å². The first-order valence-corrected chi connectivity index (χ1v) is 7.75. The maximum absolute atomic E-state index is 8.49. The molecule has 2 aromatic heterocycles. The largest absolute Gasteiger partial charge is 0.399 e. The van der Waals surface area contributed by atoms with Crippen LogP contribution in [0.25, 0.3) is 15.3 Å². The number of fused-ring (bicyclic) bond motifs is 1. The molecule has 0 aliphatic carbocycles. The first-order chi connectivity index (χ1) is 9.83. The van der Waals surface area contributed by atoms with Gasteiger partial charge in [-0.05, 0) is 23.8 Å². The molecule has 0 amide bonds. The zero-order valence-corrected chi connectivity index (χ0v) is 12.2. The summed E-state index contributed by atoms with van der Waals surface area (Å²) >= 11 is 1.77. The lowest BCUT2D eigenvalue weighted by Gasteiger charge is -2.17. The number of hydrogen-bond acceptors (Lipinski definition) is 6. The minimum Gasteiger partial charge on any atom is -0.399 e. The second-order valence-corrected chi connectivity index (χ2v) is 5.86. The third-order valence-electron chi connectivity index (χ3n) is 2.49. The number of aromatic nitrogens is 1. The Morgan fingerprint density at radius 3 is 2.33 bits per heavy atom. The summed E-state index contributed by atoms with van der Waals surface area (Å²) in [6.45, 7) is 0. The van der Waals surface area contributed by atoms with E-state index in [1.807, 2.05) is 24.3 Å². The molecule has 1 aromatic carbocycles. The molecule has 0 fully saturated rings. The van der Waals surface area contributed by atoms with Crippen LogP contribution in [-0.4, -0.2) is 0 Å². The van der Waals surface area contributed by atoms with E-state index in [-0.39, 0.29) is 0 Å². The molecule has 0 saturated heterocycles. The highest BCUT2D eigenvalue weighted by atomic mass is 35.7. The fourth-order valence-corrected chi connectivity index (χ4v) is 2.73. The highest BCUT2D eigenvalue weighted by Crippen LogP contribution is 2.26. The molecule has 0 spiro atoms. The molecule has 2 heterocycles. The fraction of sp³-hybridized carbons (Fsp3) is 0. The van der Waals surface area contributed by atoms with Gasteiger partial charge in [0.1, 0.15) is 4.88 Å². The Bertz CT molecular complexity index is 703. The third-order valence-corrected chi connectivity index (χ3v) is 3.61. The average Bonchev–Trinajstić information content (AvgIpc) is 2.80. The van der Waals surface area contributed by atoms with Crippen LogP contribution in [0.2, 0.25) is 0 Å². The number of pyridine rings is 1. The predicted octanol–water partition coefficient (Wildman–Crippen LogP) is -2.02. The van der Waals surface area contributed by atoms with Crippen molar-refractivity contribution >= 4 is 21.9 Å². The lowest BCUT2D eigenvalue weighted by Crippen LogP contribution is -2.68. The van der Waals surface area contributed by atoms with E-state index in [1.54, 1.807) is 11.3 Å². The van der Waals surface area contributed by atoms with Crippen molar-refractivity contribution < 1.29 is 33.3 Å². The summed E-state index contributed by atoms with van der Waals surface area (Å²) in [5, 5.41) is 0. The Labute approximate surface area is 126 Å². The van der Waals surface area contributed by atoms with Crippen molar-refractivity contribution in [3.05, 3.63) is 54.9 Å². The molecule has 0 aliphatic rings. The van der Waals surface area contributed by atoms with E-state index < -0.39 is 10.2 Å². The van der Waals surface area contributed by atoms with Gasteiger partial charge in [-0.15, -0.1) is 10.2 Å². The van der Waals surface area contributed by atoms with Crippen molar-refractivity contribution in [1.82, 2.24) is 0 Å². The molecule has 2 N–H and O–H groups in total. The van der Waals surface area contributed by atoms with Gasteiger partial charge in [0, 0.05) is 17.8 Å². The van der Waals surface area contributed by atoms with E-state index in [2.05, 4.69) is 35.0 Å². The summed E-state index contributed by atoms with van der Waals surface area (Å²) in [5.41, 5.74) is 7.77. The van der Waals surface area contributed by atoms with Crippen LogP contribution in [0.3, 0.4) is 0 Å². The molecule has 0 radical (unpaired) electrons. The van der Waals surface area contributed by atoms with Gasteiger partial charge >= 0.3 is 0 Å². The minimum absolute atomic E-state index is 0.806. The summed E-state index contributed by atoms with van der Waals surface area (Å²) in [4.78, 5) is 2.47. The van der Waals surface area contributed by atoms with E-state index in [0.29, 0.717) is 0 Å². The molecule has 3 aromatic rings. The minimum atomic E-state index is -4.94. The molecule has 0 atom stereocenters. The van der Waals surface area contributed by atoms with Crippen molar-refractivity contribution in [3.63, 3.8) is 0 Å². The Balaban J connectivity index is 0.000000282.